The Labute approximate surface area is 99.4 Å². The van der Waals surface area contributed by atoms with E-state index in [1.54, 1.807) is 19.1 Å². The normalized spacial score (nSPS) is 15.8. The number of carbonyl (C=O) groups is 1. The molecule has 0 saturated carbocycles. The first kappa shape index (κ1) is 11.4. The number of amides is 1. The predicted octanol–water partition coefficient (Wildman–Crippen LogP) is 0.783. The number of benzene rings is 1. The maximum atomic E-state index is 11.8. The topological polar surface area (TPSA) is 79.3 Å². The van der Waals surface area contributed by atoms with Crippen molar-refractivity contribution in [2.24, 2.45) is 5.73 Å². The second-order valence-electron chi connectivity index (χ2n) is 3.86. The first-order chi connectivity index (χ1) is 8.17. The highest BCUT2D eigenvalue weighted by atomic mass is 16.5. The number of anilines is 1. The predicted molar refractivity (Wildman–Crippen MR) is 62.4 cm³/mol. The fourth-order valence-electron chi connectivity index (χ4n) is 1.83. The number of rotatable bonds is 2. The average Bonchev–Trinajstić information content (AvgIpc) is 2.37. The van der Waals surface area contributed by atoms with Crippen LogP contribution in [0.4, 0.5) is 5.69 Å². The molecular formula is C12H13N3O2. The quantitative estimate of drug-likeness (QED) is 0.815. The van der Waals surface area contributed by atoms with Gasteiger partial charge in [0.15, 0.2) is 6.61 Å². The van der Waals surface area contributed by atoms with Crippen molar-refractivity contribution in [1.82, 2.24) is 0 Å². The molecule has 5 heteroatoms. The molecule has 0 aromatic heterocycles. The van der Waals surface area contributed by atoms with Gasteiger partial charge in [0.05, 0.1) is 11.8 Å². The summed E-state index contributed by atoms with van der Waals surface area (Å²) in [5.74, 6) is 0.407. The van der Waals surface area contributed by atoms with Crippen LogP contribution >= 0.6 is 0 Å². The molecule has 2 rings (SSSR count). The summed E-state index contributed by atoms with van der Waals surface area (Å²) in [6, 6.07) is 6.97. The van der Waals surface area contributed by atoms with Crippen LogP contribution in [0, 0.1) is 11.3 Å². The van der Waals surface area contributed by atoms with Gasteiger partial charge in [-0.25, -0.2) is 0 Å². The molecule has 5 nitrogen and oxygen atoms in total. The number of carbonyl (C=O) groups excluding carboxylic acids is 1. The van der Waals surface area contributed by atoms with E-state index in [0.29, 0.717) is 18.0 Å². The van der Waals surface area contributed by atoms with E-state index in [1.165, 1.54) is 4.90 Å². The van der Waals surface area contributed by atoms with E-state index >= 15 is 0 Å². The van der Waals surface area contributed by atoms with Crippen molar-refractivity contribution >= 4 is 11.6 Å². The van der Waals surface area contributed by atoms with Gasteiger partial charge < -0.3 is 10.5 Å². The van der Waals surface area contributed by atoms with Gasteiger partial charge in [0.2, 0.25) is 0 Å². The number of nitrogens with two attached hydrogens (primary N) is 1. The molecule has 0 saturated heterocycles. The van der Waals surface area contributed by atoms with Gasteiger partial charge >= 0.3 is 0 Å². The monoisotopic (exact) mass is 231 g/mol. The minimum absolute atomic E-state index is 0.0268. The molecule has 2 N–H and O–H groups in total. The van der Waals surface area contributed by atoms with Crippen LogP contribution in [-0.2, 0) is 11.3 Å². The Morgan fingerprint density at radius 1 is 1.65 bits per heavy atom. The maximum absolute atomic E-state index is 11.8. The Morgan fingerprint density at radius 3 is 3.06 bits per heavy atom. The second kappa shape index (κ2) is 4.44. The summed E-state index contributed by atoms with van der Waals surface area (Å²) in [6.45, 7) is 2.04. The van der Waals surface area contributed by atoms with Gasteiger partial charge in [-0.15, -0.1) is 0 Å². The van der Waals surface area contributed by atoms with Crippen molar-refractivity contribution in [3.8, 4) is 11.8 Å². The lowest BCUT2D eigenvalue weighted by Crippen LogP contribution is -2.44. The molecule has 1 unspecified atom stereocenters. The number of ether oxygens (including phenoxy) is 1. The first-order valence-corrected chi connectivity index (χ1v) is 5.35. The van der Waals surface area contributed by atoms with Crippen LogP contribution in [0.1, 0.15) is 12.5 Å². The van der Waals surface area contributed by atoms with Crippen molar-refractivity contribution in [3.63, 3.8) is 0 Å². The van der Waals surface area contributed by atoms with E-state index in [4.69, 9.17) is 15.7 Å². The van der Waals surface area contributed by atoms with Crippen LogP contribution < -0.4 is 15.4 Å². The lowest BCUT2D eigenvalue weighted by atomic mass is 10.1. The summed E-state index contributed by atoms with van der Waals surface area (Å²) in [6.07, 6.45) is 0. The SMILES string of the molecule is CC(C#N)N1C(=O)COc2ccc(CN)cc21. The second-order valence-corrected chi connectivity index (χ2v) is 3.86. The third-order valence-corrected chi connectivity index (χ3v) is 2.71. The van der Waals surface area contributed by atoms with Gasteiger partial charge in [0.1, 0.15) is 11.8 Å². The molecule has 0 fully saturated rings. The van der Waals surface area contributed by atoms with Crippen molar-refractivity contribution in [2.75, 3.05) is 11.5 Å². The molecule has 1 atom stereocenters. The van der Waals surface area contributed by atoms with Crippen molar-refractivity contribution in [3.05, 3.63) is 23.8 Å². The zero-order chi connectivity index (χ0) is 12.4. The molecule has 1 aliphatic heterocycles. The molecule has 1 amide bonds. The van der Waals surface area contributed by atoms with E-state index in [9.17, 15) is 4.79 Å². The van der Waals surface area contributed by atoms with Crippen molar-refractivity contribution < 1.29 is 9.53 Å². The van der Waals surface area contributed by atoms with Crippen molar-refractivity contribution in [1.29, 1.82) is 5.26 Å². The zero-order valence-corrected chi connectivity index (χ0v) is 9.51. The van der Waals surface area contributed by atoms with E-state index in [0.717, 1.165) is 5.56 Å². The largest absolute Gasteiger partial charge is 0.482 e. The third-order valence-electron chi connectivity index (χ3n) is 2.71. The smallest absolute Gasteiger partial charge is 0.266 e. The van der Waals surface area contributed by atoms with Gasteiger partial charge in [0.25, 0.3) is 5.91 Å². The van der Waals surface area contributed by atoms with Crippen LogP contribution in [0.25, 0.3) is 0 Å². The van der Waals surface area contributed by atoms with Crippen LogP contribution in [0.5, 0.6) is 5.75 Å². The number of nitrogens with zero attached hydrogens (tertiary/aromatic N) is 2. The highest BCUT2D eigenvalue weighted by Crippen LogP contribution is 2.34. The van der Waals surface area contributed by atoms with Crippen LogP contribution in [-0.4, -0.2) is 18.6 Å². The minimum Gasteiger partial charge on any atom is -0.482 e. The first-order valence-electron chi connectivity index (χ1n) is 5.35. The maximum Gasteiger partial charge on any atom is 0.266 e. The lowest BCUT2D eigenvalue weighted by Gasteiger charge is -2.31. The standard InChI is InChI=1S/C12H13N3O2/c1-8(5-13)15-10-4-9(6-14)2-3-11(10)17-7-12(15)16/h2-4,8H,6-7,14H2,1H3. The molecule has 1 aromatic carbocycles. The van der Waals surface area contributed by atoms with Gasteiger partial charge in [-0.3, -0.25) is 9.69 Å². The Hall–Kier alpha value is -2.06. The summed E-state index contributed by atoms with van der Waals surface area (Å²) in [4.78, 5) is 13.2. The molecule has 0 spiro atoms. The van der Waals surface area contributed by atoms with E-state index in [-0.39, 0.29) is 12.5 Å². The molecule has 17 heavy (non-hydrogen) atoms. The zero-order valence-electron chi connectivity index (χ0n) is 9.51. The van der Waals surface area contributed by atoms with Crippen LogP contribution in [0.15, 0.2) is 18.2 Å². The lowest BCUT2D eigenvalue weighted by molar-refractivity contribution is -0.121. The third kappa shape index (κ3) is 1.95. The fraction of sp³-hybridized carbons (Fsp3) is 0.333. The van der Waals surface area contributed by atoms with Gasteiger partial charge in [0, 0.05) is 6.54 Å². The molecule has 1 heterocycles. The number of fused-ring (bicyclic) bond motifs is 1. The summed E-state index contributed by atoms with van der Waals surface area (Å²) in [5.41, 5.74) is 7.09. The Kier molecular flexibility index (Phi) is 2.98. The highest BCUT2D eigenvalue weighted by molar-refractivity contribution is 5.98. The van der Waals surface area contributed by atoms with Crippen LogP contribution in [0.3, 0.4) is 0 Å². The van der Waals surface area contributed by atoms with E-state index < -0.39 is 6.04 Å². The minimum atomic E-state index is -0.516. The Morgan fingerprint density at radius 2 is 2.41 bits per heavy atom. The molecule has 0 bridgehead atoms. The van der Waals surface area contributed by atoms with Crippen molar-refractivity contribution in [2.45, 2.75) is 19.5 Å². The number of hydrogen-bond donors (Lipinski definition) is 1. The van der Waals surface area contributed by atoms with Crippen LogP contribution in [0.2, 0.25) is 0 Å². The Balaban J connectivity index is 2.49. The molecule has 1 aromatic rings. The molecule has 88 valence electrons. The molecular weight excluding hydrogens is 218 g/mol. The Bertz CT molecular complexity index is 493. The number of nitriles is 1. The van der Waals surface area contributed by atoms with Gasteiger partial charge in [-0.1, -0.05) is 6.07 Å². The van der Waals surface area contributed by atoms with E-state index in [1.807, 2.05) is 6.07 Å². The molecule has 0 radical (unpaired) electrons. The van der Waals surface area contributed by atoms with E-state index in [2.05, 4.69) is 6.07 Å². The number of hydrogen-bond acceptors (Lipinski definition) is 4. The summed E-state index contributed by atoms with van der Waals surface area (Å²) < 4.78 is 5.32. The average molecular weight is 231 g/mol. The molecule has 1 aliphatic rings. The fourth-order valence-corrected chi connectivity index (χ4v) is 1.83. The summed E-state index contributed by atoms with van der Waals surface area (Å²) in [7, 11) is 0. The van der Waals surface area contributed by atoms with Gasteiger partial charge in [-0.2, -0.15) is 5.26 Å². The molecule has 0 aliphatic carbocycles. The summed E-state index contributed by atoms with van der Waals surface area (Å²) >= 11 is 0. The van der Waals surface area contributed by atoms with Gasteiger partial charge in [-0.05, 0) is 24.6 Å². The summed E-state index contributed by atoms with van der Waals surface area (Å²) in [5, 5.41) is 8.95. The highest BCUT2D eigenvalue weighted by Gasteiger charge is 2.29.